The van der Waals surface area contributed by atoms with E-state index in [-0.39, 0.29) is 12.4 Å². The summed E-state index contributed by atoms with van der Waals surface area (Å²) in [6.45, 7) is 3.81. The van der Waals surface area contributed by atoms with Crippen LogP contribution in [0.4, 0.5) is 4.39 Å². The maximum absolute atomic E-state index is 13.2. The molecule has 0 atom stereocenters. The number of rotatable bonds is 3. The number of thiazole rings is 1. The predicted octanol–water partition coefficient (Wildman–Crippen LogP) is 3.10. The molecular formula is C13H14FNOS. The number of hydrogen-bond acceptors (Lipinski definition) is 3. The van der Waals surface area contributed by atoms with Crippen LogP contribution in [0.5, 0.6) is 0 Å². The van der Waals surface area contributed by atoms with Crippen LogP contribution in [0.15, 0.2) is 18.2 Å². The number of aromatic nitrogens is 1. The van der Waals surface area contributed by atoms with E-state index in [0.29, 0.717) is 12.0 Å². The van der Waals surface area contributed by atoms with Crippen molar-refractivity contribution in [2.24, 2.45) is 0 Å². The maximum atomic E-state index is 13.2. The van der Waals surface area contributed by atoms with Crippen LogP contribution in [0, 0.1) is 19.7 Å². The van der Waals surface area contributed by atoms with Gasteiger partial charge in [-0.05, 0) is 37.6 Å². The summed E-state index contributed by atoms with van der Waals surface area (Å²) in [5.74, 6) is -0.197. The van der Waals surface area contributed by atoms with Crippen LogP contribution < -0.4 is 0 Å². The third kappa shape index (κ3) is 2.53. The van der Waals surface area contributed by atoms with Crippen LogP contribution in [-0.4, -0.2) is 16.7 Å². The van der Waals surface area contributed by atoms with Crippen LogP contribution in [0.2, 0.25) is 0 Å². The highest BCUT2D eigenvalue weighted by molar-refractivity contribution is 7.15. The minimum atomic E-state index is -0.197. The molecule has 0 unspecified atom stereocenters. The van der Waals surface area contributed by atoms with Gasteiger partial charge in [0.05, 0.1) is 5.69 Å². The molecule has 0 saturated carbocycles. The van der Waals surface area contributed by atoms with Crippen LogP contribution in [0.3, 0.4) is 0 Å². The van der Waals surface area contributed by atoms with Crippen molar-refractivity contribution < 1.29 is 9.50 Å². The Kier molecular flexibility index (Phi) is 3.54. The molecule has 0 spiro atoms. The van der Waals surface area contributed by atoms with Gasteiger partial charge in [0.25, 0.3) is 0 Å². The summed E-state index contributed by atoms with van der Waals surface area (Å²) in [4.78, 5) is 5.54. The van der Waals surface area contributed by atoms with Gasteiger partial charge in [0, 0.05) is 23.5 Å². The zero-order valence-electron chi connectivity index (χ0n) is 9.83. The van der Waals surface area contributed by atoms with Crippen LogP contribution in [-0.2, 0) is 6.42 Å². The van der Waals surface area contributed by atoms with Gasteiger partial charge in [-0.3, -0.25) is 0 Å². The van der Waals surface area contributed by atoms with E-state index in [0.717, 1.165) is 21.1 Å². The van der Waals surface area contributed by atoms with E-state index in [1.165, 1.54) is 6.07 Å². The zero-order chi connectivity index (χ0) is 12.4. The molecule has 17 heavy (non-hydrogen) atoms. The number of aryl methyl sites for hydroxylation is 2. The molecule has 90 valence electrons. The van der Waals surface area contributed by atoms with Gasteiger partial charge in [-0.2, -0.15) is 0 Å². The van der Waals surface area contributed by atoms with E-state index >= 15 is 0 Å². The Morgan fingerprint density at radius 1 is 1.35 bits per heavy atom. The molecule has 0 bridgehead atoms. The van der Waals surface area contributed by atoms with E-state index in [9.17, 15) is 4.39 Å². The van der Waals surface area contributed by atoms with Crippen LogP contribution in [0.1, 0.15) is 16.1 Å². The Morgan fingerprint density at radius 2 is 2.12 bits per heavy atom. The summed E-state index contributed by atoms with van der Waals surface area (Å²) >= 11 is 1.56. The first kappa shape index (κ1) is 12.2. The summed E-state index contributed by atoms with van der Waals surface area (Å²) in [6, 6.07) is 5.01. The van der Waals surface area contributed by atoms with Crippen molar-refractivity contribution in [2.75, 3.05) is 6.61 Å². The molecule has 1 aromatic carbocycles. The lowest BCUT2D eigenvalue weighted by molar-refractivity contribution is 0.300. The first-order valence-electron chi connectivity index (χ1n) is 5.45. The number of benzene rings is 1. The van der Waals surface area contributed by atoms with Gasteiger partial charge < -0.3 is 5.11 Å². The quantitative estimate of drug-likeness (QED) is 0.909. The highest BCUT2D eigenvalue weighted by Crippen LogP contribution is 2.29. The number of aliphatic hydroxyl groups excluding tert-OH is 1. The van der Waals surface area contributed by atoms with E-state index in [4.69, 9.17) is 5.11 Å². The molecule has 2 nitrogen and oxygen atoms in total. The van der Waals surface area contributed by atoms with Gasteiger partial charge in [-0.15, -0.1) is 11.3 Å². The average Bonchev–Trinajstić information content (AvgIpc) is 2.65. The van der Waals surface area contributed by atoms with Crippen molar-refractivity contribution in [1.82, 2.24) is 4.98 Å². The maximum Gasteiger partial charge on any atom is 0.126 e. The minimum Gasteiger partial charge on any atom is -0.396 e. The number of aliphatic hydroxyl groups is 1. The summed E-state index contributed by atoms with van der Waals surface area (Å²) in [5.41, 5.74) is 2.50. The Bertz CT molecular complexity index is 536. The molecule has 4 heteroatoms. The van der Waals surface area contributed by atoms with Gasteiger partial charge in [0.1, 0.15) is 10.8 Å². The second-order valence-corrected chi connectivity index (χ2v) is 5.05. The molecule has 0 saturated heterocycles. The molecule has 0 aliphatic heterocycles. The number of hydrogen-bond donors (Lipinski definition) is 1. The van der Waals surface area contributed by atoms with E-state index in [2.05, 4.69) is 4.98 Å². The molecule has 0 fully saturated rings. The largest absolute Gasteiger partial charge is 0.396 e. The number of nitrogens with zero attached hydrogens (tertiary/aromatic N) is 1. The molecule has 0 aliphatic rings. The fourth-order valence-corrected chi connectivity index (χ4v) is 2.71. The normalized spacial score (nSPS) is 10.8. The lowest BCUT2D eigenvalue weighted by Crippen LogP contribution is -1.88. The molecule has 0 amide bonds. The third-order valence-electron chi connectivity index (χ3n) is 2.64. The molecule has 2 rings (SSSR count). The average molecular weight is 251 g/mol. The predicted molar refractivity (Wildman–Crippen MR) is 67.8 cm³/mol. The molecule has 1 aromatic heterocycles. The lowest BCUT2D eigenvalue weighted by atomic mass is 10.1. The van der Waals surface area contributed by atoms with Gasteiger partial charge in [-0.25, -0.2) is 9.37 Å². The summed E-state index contributed by atoms with van der Waals surface area (Å²) in [6.07, 6.45) is 0.629. The first-order chi connectivity index (χ1) is 8.11. The lowest BCUT2D eigenvalue weighted by Gasteiger charge is -1.99. The first-order valence-corrected chi connectivity index (χ1v) is 6.27. The van der Waals surface area contributed by atoms with Gasteiger partial charge >= 0.3 is 0 Å². The fourth-order valence-electron chi connectivity index (χ4n) is 1.66. The number of halogens is 1. The summed E-state index contributed by atoms with van der Waals surface area (Å²) in [7, 11) is 0. The molecule has 0 aliphatic carbocycles. The fraction of sp³-hybridized carbons (Fsp3) is 0.308. The second-order valence-electron chi connectivity index (χ2n) is 3.97. The van der Waals surface area contributed by atoms with Crippen molar-refractivity contribution in [3.63, 3.8) is 0 Å². The summed E-state index contributed by atoms with van der Waals surface area (Å²) < 4.78 is 13.2. The van der Waals surface area contributed by atoms with Gasteiger partial charge in [0.15, 0.2) is 0 Å². The SMILES string of the molecule is Cc1cc(-c2nc(C)c(CCO)s2)ccc1F. The van der Waals surface area contributed by atoms with Crippen molar-refractivity contribution in [1.29, 1.82) is 0 Å². The third-order valence-corrected chi connectivity index (χ3v) is 3.90. The minimum absolute atomic E-state index is 0.130. The van der Waals surface area contributed by atoms with Crippen molar-refractivity contribution in [2.45, 2.75) is 20.3 Å². The Morgan fingerprint density at radius 3 is 2.76 bits per heavy atom. The highest BCUT2D eigenvalue weighted by Gasteiger charge is 2.10. The van der Waals surface area contributed by atoms with E-state index in [1.54, 1.807) is 30.4 Å². The van der Waals surface area contributed by atoms with Crippen molar-refractivity contribution >= 4 is 11.3 Å². The van der Waals surface area contributed by atoms with Gasteiger partial charge in [-0.1, -0.05) is 0 Å². The summed E-state index contributed by atoms with van der Waals surface area (Å²) in [5, 5.41) is 9.82. The molecule has 0 radical (unpaired) electrons. The molecular weight excluding hydrogens is 237 g/mol. The van der Waals surface area contributed by atoms with Crippen LogP contribution >= 0.6 is 11.3 Å². The topological polar surface area (TPSA) is 33.1 Å². The molecule has 1 heterocycles. The second kappa shape index (κ2) is 4.94. The Hall–Kier alpha value is -1.26. The van der Waals surface area contributed by atoms with Crippen molar-refractivity contribution in [3.8, 4) is 10.6 Å². The van der Waals surface area contributed by atoms with Crippen molar-refractivity contribution in [3.05, 3.63) is 40.2 Å². The Labute approximate surface area is 104 Å². The van der Waals surface area contributed by atoms with Gasteiger partial charge in [0.2, 0.25) is 0 Å². The van der Waals surface area contributed by atoms with E-state index in [1.807, 2.05) is 6.92 Å². The standard InChI is InChI=1S/C13H14FNOS/c1-8-7-10(3-4-11(8)14)13-15-9(2)12(17-13)5-6-16/h3-4,7,16H,5-6H2,1-2H3. The van der Waals surface area contributed by atoms with E-state index < -0.39 is 0 Å². The highest BCUT2D eigenvalue weighted by atomic mass is 32.1. The Balaban J connectivity index is 2.39. The van der Waals surface area contributed by atoms with Crippen LogP contribution in [0.25, 0.3) is 10.6 Å². The molecule has 2 aromatic rings. The zero-order valence-corrected chi connectivity index (χ0v) is 10.6. The monoisotopic (exact) mass is 251 g/mol. The smallest absolute Gasteiger partial charge is 0.126 e. The molecule has 1 N–H and O–H groups in total.